The standard InChI is InChI=1S/C24H29BrClN7O2S/c1-31-9-13-5-16(6-14(13)10-31)35-18-8-20(26)36-22(18)24(34)30-15-3-2-4-32(11-15)17-7-19(25)33-21(17)23(27)28-12-29-33/h7-8,12-16H,2-6,9-11H2,1H3,(H,30,34)(H2,27,28,29)/t13-,14+,15-,16?/m1/s1. The van der Waals surface area contributed by atoms with E-state index in [0.717, 1.165) is 61.1 Å². The fraction of sp³-hybridized carbons (Fsp3) is 0.542. The molecule has 1 saturated carbocycles. The summed E-state index contributed by atoms with van der Waals surface area (Å²) in [5.74, 6) is 2.28. The zero-order valence-corrected chi connectivity index (χ0v) is 23.2. The third-order valence-electron chi connectivity index (χ3n) is 7.67. The highest BCUT2D eigenvalue weighted by molar-refractivity contribution is 9.10. The Labute approximate surface area is 227 Å². The van der Waals surface area contributed by atoms with Gasteiger partial charge in [0.15, 0.2) is 5.82 Å². The number of likely N-dealkylation sites (tertiary alicyclic amines) is 1. The Morgan fingerprint density at radius 2 is 2.06 bits per heavy atom. The van der Waals surface area contributed by atoms with Gasteiger partial charge < -0.3 is 25.6 Å². The van der Waals surface area contributed by atoms with Gasteiger partial charge in [-0.3, -0.25) is 4.79 Å². The fourth-order valence-electron chi connectivity index (χ4n) is 6.16. The molecular weight excluding hydrogens is 566 g/mol. The van der Waals surface area contributed by atoms with Gasteiger partial charge in [0.1, 0.15) is 27.1 Å². The van der Waals surface area contributed by atoms with Crippen LogP contribution in [0.5, 0.6) is 5.75 Å². The molecule has 192 valence electrons. The van der Waals surface area contributed by atoms with Crippen LogP contribution in [-0.2, 0) is 0 Å². The number of carbonyl (C=O) groups is 1. The minimum Gasteiger partial charge on any atom is -0.489 e. The van der Waals surface area contributed by atoms with Gasteiger partial charge in [0.25, 0.3) is 5.91 Å². The largest absolute Gasteiger partial charge is 0.489 e. The molecule has 0 aromatic carbocycles. The number of hydrogen-bond donors (Lipinski definition) is 2. The highest BCUT2D eigenvalue weighted by Crippen LogP contribution is 2.41. The molecule has 0 bridgehead atoms. The third-order valence-corrected chi connectivity index (χ3v) is 9.48. The number of fused-ring (bicyclic) bond motifs is 2. The molecule has 3 N–H and O–H groups in total. The van der Waals surface area contributed by atoms with E-state index in [1.165, 1.54) is 17.7 Å². The predicted molar refractivity (Wildman–Crippen MR) is 145 cm³/mol. The highest BCUT2D eigenvalue weighted by Gasteiger charge is 2.41. The maximum absolute atomic E-state index is 13.4. The van der Waals surface area contributed by atoms with Crippen molar-refractivity contribution in [3.8, 4) is 5.75 Å². The van der Waals surface area contributed by atoms with Crippen molar-refractivity contribution in [2.45, 2.75) is 37.8 Å². The van der Waals surface area contributed by atoms with Gasteiger partial charge in [-0.25, -0.2) is 9.50 Å². The van der Waals surface area contributed by atoms with Crippen LogP contribution in [0.2, 0.25) is 4.34 Å². The third kappa shape index (κ3) is 4.55. The number of nitrogen functional groups attached to an aromatic ring is 1. The minimum atomic E-state index is -0.127. The normalized spacial score (nSPS) is 26.5. The summed E-state index contributed by atoms with van der Waals surface area (Å²) in [7, 11) is 2.18. The maximum atomic E-state index is 13.4. The molecule has 6 rings (SSSR count). The van der Waals surface area contributed by atoms with Crippen LogP contribution < -0.4 is 20.7 Å². The topological polar surface area (TPSA) is 101 Å². The highest BCUT2D eigenvalue weighted by atomic mass is 79.9. The van der Waals surface area contributed by atoms with Gasteiger partial charge >= 0.3 is 0 Å². The molecule has 0 radical (unpaired) electrons. The van der Waals surface area contributed by atoms with Gasteiger partial charge in [-0.15, -0.1) is 11.3 Å². The van der Waals surface area contributed by atoms with Crippen molar-refractivity contribution < 1.29 is 9.53 Å². The monoisotopic (exact) mass is 593 g/mol. The van der Waals surface area contributed by atoms with Crippen molar-refractivity contribution in [2.75, 3.05) is 43.9 Å². The van der Waals surface area contributed by atoms with Crippen molar-refractivity contribution in [1.82, 2.24) is 24.8 Å². The lowest BCUT2D eigenvalue weighted by Gasteiger charge is -2.34. The molecule has 5 heterocycles. The predicted octanol–water partition coefficient (Wildman–Crippen LogP) is 3.91. The van der Waals surface area contributed by atoms with E-state index in [1.807, 2.05) is 6.07 Å². The molecular formula is C24H29BrClN7O2S. The van der Waals surface area contributed by atoms with Gasteiger partial charge in [-0.1, -0.05) is 11.6 Å². The second kappa shape index (κ2) is 9.66. The number of nitrogens with zero attached hydrogens (tertiary/aromatic N) is 5. The SMILES string of the molecule is CN1C[C@H]2CC(Oc3cc(Cl)sc3C(=O)N[C@@H]3CCCN(c4cc(Br)n5ncnc(N)c45)C3)C[C@H]2C1. The van der Waals surface area contributed by atoms with Gasteiger partial charge in [-0.2, -0.15) is 5.10 Å². The number of rotatable bonds is 5. The number of anilines is 2. The molecule has 2 saturated heterocycles. The summed E-state index contributed by atoms with van der Waals surface area (Å²) in [6.07, 6.45) is 5.50. The average molecular weight is 595 g/mol. The minimum absolute atomic E-state index is 0.0130. The molecule has 3 fully saturated rings. The maximum Gasteiger partial charge on any atom is 0.265 e. The Kier molecular flexibility index (Phi) is 6.51. The number of ether oxygens (including phenoxy) is 1. The van der Waals surface area contributed by atoms with Crippen LogP contribution in [0.25, 0.3) is 5.52 Å². The molecule has 1 amide bonds. The van der Waals surface area contributed by atoms with Crippen LogP contribution in [0.4, 0.5) is 11.5 Å². The molecule has 4 atom stereocenters. The Hall–Kier alpha value is -2.08. The molecule has 3 aliphatic rings. The molecule has 3 aromatic heterocycles. The van der Waals surface area contributed by atoms with Crippen LogP contribution in [-0.4, -0.2) is 70.8 Å². The van der Waals surface area contributed by atoms with Gasteiger partial charge in [0, 0.05) is 38.3 Å². The molecule has 36 heavy (non-hydrogen) atoms. The average Bonchev–Trinajstić information content (AvgIpc) is 3.57. The van der Waals surface area contributed by atoms with Crippen molar-refractivity contribution in [3.05, 3.63) is 32.3 Å². The number of nitrogens with one attached hydrogen (secondary N) is 1. The summed E-state index contributed by atoms with van der Waals surface area (Å²) in [4.78, 5) is 22.7. The Morgan fingerprint density at radius 3 is 2.83 bits per heavy atom. The first kappa shape index (κ1) is 24.3. The molecule has 12 heteroatoms. The zero-order valence-electron chi connectivity index (χ0n) is 20.0. The lowest BCUT2D eigenvalue weighted by atomic mass is 10.0. The molecule has 9 nitrogen and oxygen atoms in total. The van der Waals surface area contributed by atoms with E-state index in [-0.39, 0.29) is 18.1 Å². The second-order valence-corrected chi connectivity index (χ2v) is 12.7. The van der Waals surface area contributed by atoms with Crippen molar-refractivity contribution >= 4 is 61.8 Å². The van der Waals surface area contributed by atoms with Crippen LogP contribution >= 0.6 is 38.9 Å². The quantitative estimate of drug-likeness (QED) is 0.462. The second-order valence-electron chi connectivity index (χ2n) is 10.2. The van der Waals surface area contributed by atoms with E-state index in [2.05, 4.69) is 48.2 Å². The van der Waals surface area contributed by atoms with E-state index in [1.54, 1.807) is 10.6 Å². The molecule has 0 spiro atoms. The van der Waals surface area contributed by atoms with Crippen LogP contribution in [0.3, 0.4) is 0 Å². The Bertz CT molecular complexity index is 1280. The number of piperidine rings is 1. The summed E-state index contributed by atoms with van der Waals surface area (Å²) < 4.78 is 9.49. The first-order valence-electron chi connectivity index (χ1n) is 12.3. The molecule has 1 unspecified atom stereocenters. The van der Waals surface area contributed by atoms with Crippen LogP contribution in [0, 0.1) is 11.8 Å². The van der Waals surface area contributed by atoms with E-state index in [0.29, 0.717) is 39.2 Å². The number of thiophene rings is 1. The Morgan fingerprint density at radius 1 is 1.28 bits per heavy atom. The van der Waals surface area contributed by atoms with E-state index >= 15 is 0 Å². The number of hydrogen-bond acceptors (Lipinski definition) is 8. The lowest BCUT2D eigenvalue weighted by Crippen LogP contribution is -2.47. The van der Waals surface area contributed by atoms with E-state index in [9.17, 15) is 4.79 Å². The summed E-state index contributed by atoms with van der Waals surface area (Å²) in [6, 6.07) is 3.79. The number of amides is 1. The van der Waals surface area contributed by atoms with Crippen LogP contribution in [0.15, 0.2) is 23.1 Å². The van der Waals surface area contributed by atoms with E-state index in [4.69, 9.17) is 22.1 Å². The summed E-state index contributed by atoms with van der Waals surface area (Å²) in [6.45, 7) is 3.80. The van der Waals surface area contributed by atoms with Gasteiger partial charge in [-0.05, 0) is 66.6 Å². The smallest absolute Gasteiger partial charge is 0.265 e. The van der Waals surface area contributed by atoms with Crippen molar-refractivity contribution in [3.63, 3.8) is 0 Å². The van der Waals surface area contributed by atoms with Gasteiger partial charge in [0.2, 0.25) is 0 Å². The van der Waals surface area contributed by atoms with Crippen molar-refractivity contribution in [2.24, 2.45) is 11.8 Å². The Balaban J connectivity index is 1.14. The fourth-order valence-corrected chi connectivity index (χ4v) is 7.70. The number of aromatic nitrogens is 3. The number of carbonyl (C=O) groups excluding carboxylic acids is 1. The summed E-state index contributed by atoms with van der Waals surface area (Å²) >= 11 is 11.2. The number of nitrogens with two attached hydrogens (primary N) is 1. The summed E-state index contributed by atoms with van der Waals surface area (Å²) in [5.41, 5.74) is 7.90. The van der Waals surface area contributed by atoms with Crippen molar-refractivity contribution in [1.29, 1.82) is 0 Å². The van der Waals surface area contributed by atoms with E-state index < -0.39 is 0 Å². The molecule has 2 aliphatic heterocycles. The first-order valence-corrected chi connectivity index (χ1v) is 14.3. The first-order chi connectivity index (χ1) is 17.4. The molecule has 3 aromatic rings. The summed E-state index contributed by atoms with van der Waals surface area (Å²) in [5, 5.41) is 7.53. The number of halogens is 2. The van der Waals surface area contributed by atoms with Gasteiger partial charge in [0.05, 0.1) is 16.1 Å². The zero-order chi connectivity index (χ0) is 25.0. The lowest BCUT2D eigenvalue weighted by molar-refractivity contribution is 0.0930. The van der Waals surface area contributed by atoms with Crippen LogP contribution in [0.1, 0.15) is 35.4 Å². The molecule has 1 aliphatic carbocycles.